The Hall–Kier alpha value is -3.23. The lowest BCUT2D eigenvalue weighted by Crippen LogP contribution is -2.25. The molecule has 1 aromatic carbocycles. The zero-order valence-electron chi connectivity index (χ0n) is 15.1. The van der Waals surface area contributed by atoms with Gasteiger partial charge in [0.25, 0.3) is 0 Å². The number of anilines is 2. The van der Waals surface area contributed by atoms with Crippen LogP contribution < -0.4 is 10.6 Å². The molecule has 2 amide bonds. The number of nitrogens with one attached hydrogen (secondary N) is 2. The zero-order valence-corrected chi connectivity index (χ0v) is 15.1. The third kappa shape index (κ3) is 4.44. The number of benzene rings is 1. The van der Waals surface area contributed by atoms with E-state index >= 15 is 0 Å². The van der Waals surface area contributed by atoms with E-state index in [2.05, 4.69) is 15.7 Å². The van der Waals surface area contributed by atoms with Gasteiger partial charge in [0.2, 0.25) is 11.8 Å². The highest BCUT2D eigenvalue weighted by atomic mass is 16.6. The van der Waals surface area contributed by atoms with Crippen molar-refractivity contribution in [3.63, 3.8) is 0 Å². The van der Waals surface area contributed by atoms with Crippen LogP contribution in [-0.2, 0) is 16.1 Å². The van der Waals surface area contributed by atoms with Gasteiger partial charge in [0.15, 0.2) is 0 Å². The average Bonchev–Trinajstić information content (AvgIpc) is 2.82. The van der Waals surface area contributed by atoms with E-state index in [1.807, 2.05) is 0 Å². The monoisotopic (exact) mass is 359 g/mol. The van der Waals surface area contributed by atoms with Crippen molar-refractivity contribution in [1.29, 1.82) is 0 Å². The number of carbonyl (C=O) groups is 2. The van der Waals surface area contributed by atoms with Crippen molar-refractivity contribution in [1.82, 2.24) is 9.78 Å². The Morgan fingerprint density at radius 1 is 1.19 bits per heavy atom. The highest BCUT2D eigenvalue weighted by Crippen LogP contribution is 2.23. The maximum Gasteiger partial charge on any atom is 0.312 e. The van der Waals surface area contributed by atoms with Gasteiger partial charge in [-0.2, -0.15) is 5.10 Å². The highest BCUT2D eigenvalue weighted by molar-refractivity contribution is 5.93. The lowest BCUT2D eigenvalue weighted by molar-refractivity contribution is -0.386. The molecule has 2 rings (SSSR count). The molecule has 0 spiro atoms. The van der Waals surface area contributed by atoms with Crippen molar-refractivity contribution in [2.24, 2.45) is 5.92 Å². The third-order valence-electron chi connectivity index (χ3n) is 3.89. The SMILES string of the molecule is CC(=O)Nc1ccc(NC(=O)C(C)Cn2nc(C)c([N+](=O)[O-])c2C)cc1. The molecule has 2 aromatic rings. The second kappa shape index (κ2) is 7.77. The average molecular weight is 359 g/mol. The van der Waals surface area contributed by atoms with Gasteiger partial charge in [0, 0.05) is 18.3 Å². The van der Waals surface area contributed by atoms with Crippen LogP contribution in [0.25, 0.3) is 0 Å². The Balaban J connectivity index is 2.03. The highest BCUT2D eigenvalue weighted by Gasteiger charge is 2.24. The topological polar surface area (TPSA) is 119 Å². The molecule has 0 bridgehead atoms. The first kappa shape index (κ1) is 19.1. The van der Waals surface area contributed by atoms with Crippen LogP contribution in [0.2, 0.25) is 0 Å². The van der Waals surface area contributed by atoms with E-state index in [0.29, 0.717) is 22.8 Å². The zero-order chi connectivity index (χ0) is 19.4. The fourth-order valence-corrected chi connectivity index (χ4v) is 2.58. The Labute approximate surface area is 150 Å². The molecule has 0 saturated heterocycles. The molecule has 2 N–H and O–H groups in total. The summed E-state index contributed by atoms with van der Waals surface area (Å²) in [5, 5.41) is 20.6. The molecule has 1 atom stereocenters. The van der Waals surface area contributed by atoms with E-state index in [0.717, 1.165) is 0 Å². The molecule has 0 radical (unpaired) electrons. The smallest absolute Gasteiger partial charge is 0.312 e. The van der Waals surface area contributed by atoms with Gasteiger partial charge in [-0.3, -0.25) is 24.4 Å². The number of amides is 2. The quantitative estimate of drug-likeness (QED) is 0.607. The molecule has 0 aliphatic rings. The Morgan fingerprint density at radius 3 is 2.19 bits per heavy atom. The van der Waals surface area contributed by atoms with Gasteiger partial charge in [-0.05, 0) is 38.1 Å². The van der Waals surface area contributed by atoms with E-state index in [-0.39, 0.29) is 24.0 Å². The fourth-order valence-electron chi connectivity index (χ4n) is 2.58. The summed E-state index contributed by atoms with van der Waals surface area (Å²) in [5.74, 6) is -0.843. The molecule has 0 fully saturated rings. The maximum absolute atomic E-state index is 12.4. The number of hydrogen-bond acceptors (Lipinski definition) is 5. The summed E-state index contributed by atoms with van der Waals surface area (Å²) in [7, 11) is 0. The summed E-state index contributed by atoms with van der Waals surface area (Å²) in [5.41, 5.74) is 1.96. The Bertz CT molecular complexity index is 842. The summed E-state index contributed by atoms with van der Waals surface area (Å²) in [4.78, 5) is 34.0. The van der Waals surface area contributed by atoms with Crippen molar-refractivity contribution < 1.29 is 14.5 Å². The van der Waals surface area contributed by atoms with Crippen LogP contribution in [0, 0.1) is 29.9 Å². The van der Waals surface area contributed by atoms with Crippen molar-refractivity contribution in [3.05, 3.63) is 45.8 Å². The summed E-state index contributed by atoms with van der Waals surface area (Å²) in [6.45, 7) is 6.56. The molecule has 1 heterocycles. The first-order valence-corrected chi connectivity index (χ1v) is 8.06. The van der Waals surface area contributed by atoms with Crippen LogP contribution in [0.3, 0.4) is 0 Å². The predicted octanol–water partition coefficient (Wildman–Crippen LogP) is 2.64. The molecule has 0 saturated carbocycles. The number of rotatable bonds is 6. The van der Waals surface area contributed by atoms with E-state index in [1.54, 1.807) is 45.0 Å². The largest absolute Gasteiger partial charge is 0.326 e. The van der Waals surface area contributed by atoms with E-state index in [1.165, 1.54) is 11.6 Å². The van der Waals surface area contributed by atoms with Crippen LogP contribution in [-0.4, -0.2) is 26.5 Å². The minimum Gasteiger partial charge on any atom is -0.326 e. The van der Waals surface area contributed by atoms with Crippen LogP contribution in [0.4, 0.5) is 17.1 Å². The molecule has 1 aromatic heterocycles. The minimum absolute atomic E-state index is 0.0221. The predicted molar refractivity (Wildman–Crippen MR) is 96.9 cm³/mol. The molecule has 9 nitrogen and oxygen atoms in total. The van der Waals surface area contributed by atoms with Crippen molar-refractivity contribution >= 4 is 28.9 Å². The first-order chi connectivity index (χ1) is 12.2. The van der Waals surface area contributed by atoms with Crippen LogP contribution in [0.15, 0.2) is 24.3 Å². The van der Waals surface area contributed by atoms with Gasteiger partial charge < -0.3 is 10.6 Å². The number of nitrogens with zero attached hydrogens (tertiary/aromatic N) is 3. The van der Waals surface area contributed by atoms with Crippen LogP contribution in [0.1, 0.15) is 25.2 Å². The Kier molecular flexibility index (Phi) is 5.71. The van der Waals surface area contributed by atoms with Gasteiger partial charge in [0.05, 0.1) is 17.4 Å². The Morgan fingerprint density at radius 2 is 1.73 bits per heavy atom. The number of carbonyl (C=O) groups excluding carboxylic acids is 2. The van der Waals surface area contributed by atoms with Gasteiger partial charge in [-0.1, -0.05) is 6.92 Å². The minimum atomic E-state index is -0.463. The van der Waals surface area contributed by atoms with E-state index in [9.17, 15) is 19.7 Å². The number of nitro groups is 1. The molecular weight excluding hydrogens is 338 g/mol. The van der Waals surface area contributed by atoms with Gasteiger partial charge in [0.1, 0.15) is 11.4 Å². The third-order valence-corrected chi connectivity index (χ3v) is 3.89. The van der Waals surface area contributed by atoms with E-state index < -0.39 is 10.8 Å². The van der Waals surface area contributed by atoms with Gasteiger partial charge >= 0.3 is 5.69 Å². The van der Waals surface area contributed by atoms with Crippen LogP contribution >= 0.6 is 0 Å². The van der Waals surface area contributed by atoms with Gasteiger partial charge in [-0.25, -0.2) is 0 Å². The second-order valence-electron chi connectivity index (χ2n) is 6.11. The number of aryl methyl sites for hydroxylation is 1. The summed E-state index contributed by atoms with van der Waals surface area (Å²) < 4.78 is 1.48. The standard InChI is InChI=1S/C17H21N5O4/c1-10(9-21-12(3)16(22(25)26)11(2)20-21)17(24)19-15-7-5-14(6-8-15)18-13(4)23/h5-8,10H,9H2,1-4H3,(H,18,23)(H,19,24). The van der Waals surface area contributed by atoms with Crippen molar-refractivity contribution in [2.75, 3.05) is 10.6 Å². The lowest BCUT2D eigenvalue weighted by atomic mass is 10.1. The molecule has 9 heteroatoms. The van der Waals surface area contributed by atoms with Gasteiger partial charge in [-0.15, -0.1) is 0 Å². The van der Waals surface area contributed by atoms with Crippen molar-refractivity contribution in [3.8, 4) is 0 Å². The fraction of sp³-hybridized carbons (Fsp3) is 0.353. The summed E-state index contributed by atoms with van der Waals surface area (Å²) >= 11 is 0. The molecule has 138 valence electrons. The molecule has 0 aliphatic carbocycles. The second-order valence-corrected chi connectivity index (χ2v) is 6.11. The molecule has 0 aliphatic heterocycles. The summed E-state index contributed by atoms with van der Waals surface area (Å²) in [6.07, 6.45) is 0. The maximum atomic E-state index is 12.4. The normalized spacial score (nSPS) is 11.7. The summed E-state index contributed by atoms with van der Waals surface area (Å²) in [6, 6.07) is 6.74. The van der Waals surface area contributed by atoms with Crippen molar-refractivity contribution in [2.45, 2.75) is 34.2 Å². The molecule has 1 unspecified atom stereocenters. The molecule has 26 heavy (non-hydrogen) atoms. The molecular formula is C17H21N5O4. The number of hydrogen-bond donors (Lipinski definition) is 2. The first-order valence-electron chi connectivity index (χ1n) is 8.06. The lowest BCUT2D eigenvalue weighted by Gasteiger charge is -2.13. The van der Waals surface area contributed by atoms with E-state index in [4.69, 9.17) is 0 Å². The number of aromatic nitrogens is 2. The van der Waals surface area contributed by atoms with Crippen LogP contribution in [0.5, 0.6) is 0 Å².